The summed E-state index contributed by atoms with van der Waals surface area (Å²) in [5.74, 6) is -0.414. The number of ketones is 1. The summed E-state index contributed by atoms with van der Waals surface area (Å²) < 4.78 is 9.99. The van der Waals surface area contributed by atoms with Gasteiger partial charge in [0.05, 0.1) is 11.6 Å². The van der Waals surface area contributed by atoms with Crippen molar-refractivity contribution in [1.29, 1.82) is 0 Å². The molecule has 1 heterocycles. The van der Waals surface area contributed by atoms with E-state index in [2.05, 4.69) is 4.98 Å². The third kappa shape index (κ3) is 3.30. The first-order valence-electron chi connectivity index (χ1n) is 4.81. The van der Waals surface area contributed by atoms with E-state index in [0.717, 1.165) is 0 Å². The zero-order chi connectivity index (χ0) is 12.1. The van der Waals surface area contributed by atoms with Gasteiger partial charge in [-0.05, 0) is 20.8 Å². The predicted molar refractivity (Wildman–Crippen MR) is 59.0 cm³/mol. The second-order valence-corrected chi connectivity index (χ2v) is 4.28. The van der Waals surface area contributed by atoms with Crippen molar-refractivity contribution < 1.29 is 19.1 Å². The van der Waals surface area contributed by atoms with E-state index in [4.69, 9.17) is 9.47 Å². The van der Waals surface area contributed by atoms with E-state index < -0.39 is 5.97 Å². The van der Waals surface area contributed by atoms with Crippen LogP contribution in [0.3, 0.4) is 0 Å². The number of aromatic nitrogens is 1. The van der Waals surface area contributed by atoms with Crippen molar-refractivity contribution in [2.45, 2.75) is 20.8 Å². The van der Waals surface area contributed by atoms with E-state index in [9.17, 15) is 9.59 Å². The summed E-state index contributed by atoms with van der Waals surface area (Å²) in [5.41, 5.74) is 0. The van der Waals surface area contributed by atoms with Gasteiger partial charge in [-0.15, -0.1) is 11.3 Å². The maximum atomic E-state index is 11.5. The molecule has 1 rings (SSSR count). The maximum Gasteiger partial charge on any atom is 0.353 e. The molecule has 0 fully saturated rings. The van der Waals surface area contributed by atoms with Gasteiger partial charge >= 0.3 is 5.97 Å². The molecule has 0 unspecified atom stereocenters. The largest absolute Gasteiger partial charge is 0.468 e. The van der Waals surface area contributed by atoms with Crippen molar-refractivity contribution in [2.24, 2.45) is 0 Å². The van der Waals surface area contributed by atoms with Gasteiger partial charge in [0.2, 0.25) is 5.88 Å². The quantitative estimate of drug-likeness (QED) is 0.735. The molecule has 88 valence electrons. The summed E-state index contributed by atoms with van der Waals surface area (Å²) in [6.07, 6.45) is 0. The Morgan fingerprint density at radius 1 is 1.44 bits per heavy atom. The van der Waals surface area contributed by atoms with Crippen molar-refractivity contribution in [2.75, 3.05) is 13.2 Å². The lowest BCUT2D eigenvalue weighted by Crippen LogP contribution is -2.10. The molecular formula is C10H13NO4S. The summed E-state index contributed by atoms with van der Waals surface area (Å²) in [5, 5.41) is 0.696. The highest BCUT2D eigenvalue weighted by Crippen LogP contribution is 2.25. The molecular weight excluding hydrogens is 230 g/mol. The molecule has 1 aromatic heterocycles. The summed E-state index contributed by atoms with van der Waals surface area (Å²) in [7, 11) is 0. The fourth-order valence-corrected chi connectivity index (χ4v) is 1.76. The van der Waals surface area contributed by atoms with Crippen LogP contribution in [-0.2, 0) is 9.53 Å². The SMILES string of the molecule is CCOC(=O)c1sc(C)nc1OCC(C)=O. The van der Waals surface area contributed by atoms with Crippen LogP contribution in [0, 0.1) is 6.92 Å². The van der Waals surface area contributed by atoms with E-state index in [0.29, 0.717) is 16.5 Å². The van der Waals surface area contributed by atoms with Crippen LogP contribution in [0.2, 0.25) is 0 Å². The van der Waals surface area contributed by atoms with Crippen LogP contribution in [0.25, 0.3) is 0 Å². The van der Waals surface area contributed by atoms with E-state index in [1.165, 1.54) is 18.3 Å². The minimum atomic E-state index is -0.466. The summed E-state index contributed by atoms with van der Waals surface area (Å²) in [6, 6.07) is 0. The van der Waals surface area contributed by atoms with Crippen molar-refractivity contribution in [3.05, 3.63) is 9.88 Å². The summed E-state index contributed by atoms with van der Waals surface area (Å²) in [6.45, 7) is 5.09. The van der Waals surface area contributed by atoms with Crippen molar-refractivity contribution in [1.82, 2.24) is 4.98 Å². The number of hydrogen-bond acceptors (Lipinski definition) is 6. The molecule has 0 aliphatic rings. The minimum Gasteiger partial charge on any atom is -0.468 e. The standard InChI is InChI=1S/C10H13NO4S/c1-4-14-10(13)8-9(11-7(3)16-8)15-5-6(2)12/h4-5H2,1-3H3. The van der Waals surface area contributed by atoms with Gasteiger partial charge < -0.3 is 9.47 Å². The molecule has 0 amide bonds. The van der Waals surface area contributed by atoms with Crippen molar-refractivity contribution in [3.63, 3.8) is 0 Å². The number of carbonyl (C=O) groups is 2. The number of aryl methyl sites for hydroxylation is 1. The Bertz CT molecular complexity index is 400. The van der Waals surface area contributed by atoms with Crippen LogP contribution in [0.4, 0.5) is 0 Å². The third-order valence-electron chi connectivity index (χ3n) is 1.58. The van der Waals surface area contributed by atoms with Crippen LogP contribution >= 0.6 is 11.3 Å². The second kappa shape index (κ2) is 5.60. The number of rotatable bonds is 5. The number of esters is 1. The Balaban J connectivity index is 2.82. The maximum absolute atomic E-state index is 11.5. The van der Waals surface area contributed by atoms with Gasteiger partial charge in [-0.1, -0.05) is 0 Å². The van der Waals surface area contributed by atoms with Crippen LogP contribution < -0.4 is 4.74 Å². The molecule has 0 atom stereocenters. The molecule has 0 N–H and O–H groups in total. The molecule has 0 aliphatic carbocycles. The average molecular weight is 243 g/mol. The minimum absolute atomic E-state index is 0.0877. The summed E-state index contributed by atoms with van der Waals surface area (Å²) >= 11 is 1.19. The van der Waals surface area contributed by atoms with Crippen molar-refractivity contribution in [3.8, 4) is 5.88 Å². The molecule has 16 heavy (non-hydrogen) atoms. The van der Waals surface area contributed by atoms with Gasteiger partial charge in [-0.2, -0.15) is 0 Å². The van der Waals surface area contributed by atoms with Gasteiger partial charge in [0.25, 0.3) is 0 Å². The lowest BCUT2D eigenvalue weighted by Gasteiger charge is -2.02. The molecule has 0 aromatic carbocycles. The van der Waals surface area contributed by atoms with Gasteiger partial charge in [-0.3, -0.25) is 4.79 Å². The Hall–Kier alpha value is -1.43. The van der Waals surface area contributed by atoms with E-state index in [1.54, 1.807) is 13.8 Å². The smallest absolute Gasteiger partial charge is 0.353 e. The molecule has 5 nitrogen and oxygen atoms in total. The average Bonchev–Trinajstić information content (AvgIpc) is 2.57. The fraction of sp³-hybridized carbons (Fsp3) is 0.500. The number of Topliss-reactive ketones (excluding diaryl/α,β-unsaturated/α-hetero) is 1. The van der Waals surface area contributed by atoms with Crippen molar-refractivity contribution >= 4 is 23.1 Å². The first-order valence-corrected chi connectivity index (χ1v) is 5.63. The number of ether oxygens (including phenoxy) is 2. The van der Waals surface area contributed by atoms with Crippen LogP contribution in [-0.4, -0.2) is 30.0 Å². The Morgan fingerprint density at radius 2 is 2.12 bits per heavy atom. The zero-order valence-corrected chi connectivity index (χ0v) is 10.2. The summed E-state index contributed by atoms with van der Waals surface area (Å²) in [4.78, 5) is 26.6. The number of hydrogen-bond donors (Lipinski definition) is 0. The second-order valence-electron chi connectivity index (χ2n) is 3.08. The normalized spacial score (nSPS) is 9.94. The highest BCUT2D eigenvalue weighted by molar-refractivity contribution is 7.13. The van der Waals surface area contributed by atoms with Gasteiger partial charge in [0, 0.05) is 0 Å². The molecule has 6 heteroatoms. The first kappa shape index (κ1) is 12.6. The fourth-order valence-electron chi connectivity index (χ4n) is 1.00. The highest BCUT2D eigenvalue weighted by atomic mass is 32.1. The van der Waals surface area contributed by atoms with Crippen LogP contribution in [0.5, 0.6) is 5.88 Å². The number of thiazole rings is 1. The van der Waals surface area contributed by atoms with E-state index >= 15 is 0 Å². The third-order valence-corrected chi connectivity index (χ3v) is 2.51. The lowest BCUT2D eigenvalue weighted by atomic mass is 10.5. The van der Waals surface area contributed by atoms with E-state index in [1.807, 2.05) is 0 Å². The van der Waals surface area contributed by atoms with Gasteiger partial charge in [-0.25, -0.2) is 9.78 Å². The van der Waals surface area contributed by atoms with Gasteiger partial charge in [0.15, 0.2) is 10.7 Å². The zero-order valence-electron chi connectivity index (χ0n) is 9.40. The van der Waals surface area contributed by atoms with Crippen LogP contribution in [0.1, 0.15) is 28.5 Å². The predicted octanol–water partition coefficient (Wildman–Crippen LogP) is 1.60. The molecule has 0 radical (unpaired) electrons. The molecule has 0 saturated carbocycles. The number of nitrogens with zero attached hydrogens (tertiary/aromatic N) is 1. The molecule has 0 saturated heterocycles. The topological polar surface area (TPSA) is 65.5 Å². The molecule has 0 aliphatic heterocycles. The Labute approximate surface area is 97.4 Å². The van der Waals surface area contributed by atoms with E-state index in [-0.39, 0.29) is 18.3 Å². The Morgan fingerprint density at radius 3 is 2.69 bits per heavy atom. The van der Waals surface area contributed by atoms with Gasteiger partial charge in [0.1, 0.15) is 6.61 Å². The monoisotopic (exact) mass is 243 g/mol. The number of carbonyl (C=O) groups excluding carboxylic acids is 2. The van der Waals surface area contributed by atoms with Crippen LogP contribution in [0.15, 0.2) is 0 Å². The highest BCUT2D eigenvalue weighted by Gasteiger charge is 2.19. The molecule has 1 aromatic rings. The Kier molecular flexibility index (Phi) is 4.42. The molecule has 0 bridgehead atoms. The lowest BCUT2D eigenvalue weighted by molar-refractivity contribution is -0.119. The first-order chi connectivity index (χ1) is 7.54. The molecule has 0 spiro atoms.